The highest BCUT2D eigenvalue weighted by Crippen LogP contribution is 2.46. The van der Waals surface area contributed by atoms with E-state index < -0.39 is 0 Å². The predicted molar refractivity (Wildman–Crippen MR) is 122 cm³/mol. The van der Waals surface area contributed by atoms with Crippen molar-refractivity contribution in [3.8, 4) is 11.5 Å². The largest absolute Gasteiger partial charge is 0.493 e. The zero-order chi connectivity index (χ0) is 21.8. The van der Waals surface area contributed by atoms with Gasteiger partial charge < -0.3 is 14.4 Å². The molecule has 0 bridgehead atoms. The third-order valence-electron chi connectivity index (χ3n) is 5.26. The molecule has 0 N–H and O–H groups in total. The lowest BCUT2D eigenvalue weighted by atomic mass is 10.1. The Morgan fingerprint density at radius 2 is 1.68 bits per heavy atom. The quantitative estimate of drug-likeness (QED) is 0.503. The number of hydrogen-bond acceptors (Lipinski definition) is 5. The second-order valence-corrected chi connectivity index (χ2v) is 8.41. The molecule has 0 radical (unpaired) electrons. The summed E-state index contributed by atoms with van der Waals surface area (Å²) < 4.78 is 10.8. The Kier molecular flexibility index (Phi) is 6.28. The first kappa shape index (κ1) is 21.0. The third-order valence-corrected chi connectivity index (χ3v) is 6.59. The third kappa shape index (κ3) is 4.44. The monoisotopic (exact) mass is 433 g/mol. The Bertz CT molecular complexity index is 1100. The SMILES string of the molecule is COc1ccc([C@@H]2CC(=O)N(CC(=O)c3ccccc3)c3ccccc3S2)cc1OC. The normalized spacial score (nSPS) is 15.7. The van der Waals surface area contributed by atoms with Crippen molar-refractivity contribution in [2.45, 2.75) is 16.6 Å². The Morgan fingerprint density at radius 3 is 2.42 bits per heavy atom. The van der Waals surface area contributed by atoms with Crippen LogP contribution in [-0.4, -0.2) is 32.5 Å². The van der Waals surface area contributed by atoms with E-state index in [2.05, 4.69) is 0 Å². The summed E-state index contributed by atoms with van der Waals surface area (Å²) in [6.07, 6.45) is 0.275. The minimum absolute atomic E-state index is 0.0130. The molecule has 0 unspecified atom stereocenters. The van der Waals surface area contributed by atoms with Crippen LogP contribution in [0.1, 0.15) is 27.6 Å². The Morgan fingerprint density at radius 1 is 0.968 bits per heavy atom. The molecule has 4 rings (SSSR count). The average molecular weight is 434 g/mol. The minimum Gasteiger partial charge on any atom is -0.493 e. The van der Waals surface area contributed by atoms with Crippen LogP contribution in [-0.2, 0) is 4.79 Å². The van der Waals surface area contributed by atoms with Crippen molar-refractivity contribution in [1.82, 2.24) is 0 Å². The van der Waals surface area contributed by atoms with E-state index in [9.17, 15) is 9.59 Å². The van der Waals surface area contributed by atoms with Gasteiger partial charge in [-0.25, -0.2) is 0 Å². The van der Waals surface area contributed by atoms with E-state index in [1.807, 2.05) is 60.7 Å². The van der Waals surface area contributed by atoms with Crippen molar-refractivity contribution in [1.29, 1.82) is 0 Å². The number of fused-ring (bicyclic) bond motifs is 1. The van der Waals surface area contributed by atoms with E-state index in [1.54, 1.807) is 43.0 Å². The van der Waals surface area contributed by atoms with Gasteiger partial charge in [0.25, 0.3) is 0 Å². The molecule has 3 aromatic carbocycles. The fourth-order valence-electron chi connectivity index (χ4n) is 3.65. The van der Waals surface area contributed by atoms with Gasteiger partial charge in [-0.2, -0.15) is 0 Å². The number of rotatable bonds is 6. The van der Waals surface area contributed by atoms with Gasteiger partial charge in [-0.3, -0.25) is 9.59 Å². The second-order valence-electron chi connectivity index (χ2n) is 7.16. The summed E-state index contributed by atoms with van der Waals surface area (Å²) in [5, 5.41) is -0.106. The van der Waals surface area contributed by atoms with Crippen molar-refractivity contribution in [3.63, 3.8) is 0 Å². The first-order chi connectivity index (χ1) is 15.1. The highest BCUT2D eigenvalue weighted by molar-refractivity contribution is 7.99. The fraction of sp³-hybridized carbons (Fsp3) is 0.200. The summed E-state index contributed by atoms with van der Waals surface area (Å²) in [7, 11) is 3.19. The summed E-state index contributed by atoms with van der Waals surface area (Å²) in [4.78, 5) is 28.7. The minimum atomic E-state index is -0.106. The molecule has 0 aliphatic carbocycles. The zero-order valence-electron chi connectivity index (χ0n) is 17.4. The summed E-state index contributed by atoms with van der Waals surface area (Å²) in [6.45, 7) is 0.0130. The molecule has 1 atom stereocenters. The number of carbonyl (C=O) groups excluding carboxylic acids is 2. The summed E-state index contributed by atoms with van der Waals surface area (Å²) in [6, 6.07) is 22.5. The molecular weight excluding hydrogens is 410 g/mol. The highest BCUT2D eigenvalue weighted by Gasteiger charge is 2.31. The van der Waals surface area contributed by atoms with E-state index in [4.69, 9.17) is 9.47 Å². The van der Waals surface area contributed by atoms with Crippen molar-refractivity contribution < 1.29 is 19.1 Å². The van der Waals surface area contributed by atoms with Crippen LogP contribution in [0.5, 0.6) is 11.5 Å². The van der Waals surface area contributed by atoms with Crippen LogP contribution in [0.3, 0.4) is 0 Å². The molecule has 5 nitrogen and oxygen atoms in total. The van der Waals surface area contributed by atoms with E-state index >= 15 is 0 Å². The van der Waals surface area contributed by atoms with Crippen molar-refractivity contribution in [3.05, 3.63) is 83.9 Å². The van der Waals surface area contributed by atoms with Crippen molar-refractivity contribution >= 4 is 29.1 Å². The van der Waals surface area contributed by atoms with Crippen LogP contribution < -0.4 is 14.4 Å². The van der Waals surface area contributed by atoms with Gasteiger partial charge in [-0.1, -0.05) is 48.5 Å². The number of Topliss-reactive ketones (excluding diaryl/α,β-unsaturated/α-hetero) is 1. The van der Waals surface area contributed by atoms with Crippen molar-refractivity contribution in [2.75, 3.05) is 25.7 Å². The number of ether oxygens (including phenoxy) is 2. The molecule has 0 spiro atoms. The van der Waals surface area contributed by atoms with Crippen LogP contribution in [0.4, 0.5) is 5.69 Å². The van der Waals surface area contributed by atoms with E-state index in [-0.39, 0.29) is 29.9 Å². The van der Waals surface area contributed by atoms with Gasteiger partial charge in [-0.05, 0) is 29.8 Å². The van der Waals surface area contributed by atoms with Gasteiger partial charge in [0.15, 0.2) is 17.3 Å². The van der Waals surface area contributed by atoms with Gasteiger partial charge in [0.1, 0.15) is 0 Å². The van der Waals surface area contributed by atoms with Crippen LogP contribution in [0.15, 0.2) is 77.7 Å². The zero-order valence-corrected chi connectivity index (χ0v) is 18.2. The maximum atomic E-state index is 13.3. The predicted octanol–water partition coefficient (Wildman–Crippen LogP) is 5.16. The number of anilines is 1. The Balaban J connectivity index is 1.66. The molecule has 0 aromatic heterocycles. The number of para-hydroxylation sites is 1. The van der Waals surface area contributed by atoms with Gasteiger partial charge in [0.05, 0.1) is 26.5 Å². The van der Waals surface area contributed by atoms with Gasteiger partial charge in [0.2, 0.25) is 5.91 Å². The topological polar surface area (TPSA) is 55.8 Å². The lowest BCUT2D eigenvalue weighted by Gasteiger charge is -2.22. The number of hydrogen-bond donors (Lipinski definition) is 0. The molecule has 1 amide bonds. The maximum Gasteiger partial charge on any atom is 0.228 e. The number of benzene rings is 3. The van der Waals surface area contributed by atoms with Crippen LogP contribution in [0, 0.1) is 0 Å². The molecule has 0 fully saturated rings. The number of thioether (sulfide) groups is 1. The first-order valence-electron chi connectivity index (χ1n) is 9.97. The fourth-order valence-corrected chi connectivity index (χ4v) is 4.92. The lowest BCUT2D eigenvalue weighted by Crippen LogP contribution is -2.35. The lowest BCUT2D eigenvalue weighted by molar-refractivity contribution is -0.118. The second kappa shape index (κ2) is 9.27. The molecule has 158 valence electrons. The van der Waals surface area contributed by atoms with E-state index in [1.165, 1.54) is 0 Å². The number of amides is 1. The number of ketones is 1. The number of nitrogens with zero attached hydrogens (tertiary/aromatic N) is 1. The number of methoxy groups -OCH3 is 2. The molecule has 1 aliphatic heterocycles. The maximum absolute atomic E-state index is 13.3. The van der Waals surface area contributed by atoms with Crippen molar-refractivity contribution in [2.24, 2.45) is 0 Å². The molecule has 0 saturated carbocycles. The van der Waals surface area contributed by atoms with Crippen LogP contribution in [0.25, 0.3) is 0 Å². The molecular formula is C25H23NO4S. The Labute approximate surface area is 186 Å². The van der Waals surface area contributed by atoms with E-state index in [0.717, 1.165) is 16.1 Å². The van der Waals surface area contributed by atoms with Crippen LogP contribution >= 0.6 is 11.8 Å². The standard InChI is InChI=1S/C25H23NO4S/c1-29-21-13-12-18(14-22(21)30-2)24-15-25(28)26(19-10-6-7-11-23(19)31-24)16-20(27)17-8-4-3-5-9-17/h3-14,24H,15-16H2,1-2H3/t24-/m0/s1. The average Bonchev–Trinajstić information content (AvgIpc) is 2.95. The number of carbonyl (C=O) groups is 2. The van der Waals surface area contributed by atoms with Crippen LogP contribution in [0.2, 0.25) is 0 Å². The Hall–Kier alpha value is -3.25. The van der Waals surface area contributed by atoms with Gasteiger partial charge in [-0.15, -0.1) is 11.8 Å². The summed E-state index contributed by atoms with van der Waals surface area (Å²) in [5.41, 5.74) is 2.34. The van der Waals surface area contributed by atoms with Gasteiger partial charge >= 0.3 is 0 Å². The molecule has 0 saturated heterocycles. The summed E-state index contributed by atoms with van der Waals surface area (Å²) in [5.74, 6) is 1.10. The molecule has 1 heterocycles. The first-order valence-corrected chi connectivity index (χ1v) is 10.8. The van der Waals surface area contributed by atoms with E-state index in [0.29, 0.717) is 17.1 Å². The highest BCUT2D eigenvalue weighted by atomic mass is 32.2. The smallest absolute Gasteiger partial charge is 0.228 e. The molecule has 3 aromatic rings. The molecule has 1 aliphatic rings. The molecule has 31 heavy (non-hydrogen) atoms. The molecule has 6 heteroatoms. The summed E-state index contributed by atoms with van der Waals surface area (Å²) >= 11 is 1.62. The van der Waals surface area contributed by atoms with Gasteiger partial charge in [0, 0.05) is 22.1 Å².